The molecule has 1 atom stereocenters. The van der Waals surface area contributed by atoms with Crippen LogP contribution in [0, 0.1) is 0 Å². The molecule has 0 aromatic rings. The molecule has 0 saturated heterocycles. The summed E-state index contributed by atoms with van der Waals surface area (Å²) in [4.78, 5) is 0. The van der Waals surface area contributed by atoms with Crippen LogP contribution < -0.4 is 0 Å². The second kappa shape index (κ2) is 9.38. The minimum atomic E-state index is 0.384. The van der Waals surface area contributed by atoms with E-state index in [9.17, 15) is 0 Å². The van der Waals surface area contributed by atoms with Crippen LogP contribution in [0.25, 0.3) is 0 Å². The molecular weight excluding hydrogens is 212 g/mol. The molecule has 0 fully saturated rings. The summed E-state index contributed by atoms with van der Waals surface area (Å²) in [6.45, 7) is 4.49. The molecule has 0 radical (unpaired) electrons. The van der Waals surface area contributed by atoms with Crippen LogP contribution in [-0.4, -0.2) is 6.10 Å². The van der Waals surface area contributed by atoms with Crippen LogP contribution in [-0.2, 0) is 9.47 Å². The minimum Gasteiger partial charge on any atom is -0.460 e. The lowest BCUT2D eigenvalue weighted by atomic mass is 10.0. The van der Waals surface area contributed by atoms with E-state index in [0.29, 0.717) is 6.10 Å². The van der Waals surface area contributed by atoms with Gasteiger partial charge in [-0.15, -0.1) is 0 Å². The third-order valence-corrected chi connectivity index (χ3v) is 3.26. The Morgan fingerprint density at radius 3 is 2.18 bits per heavy atom. The van der Waals surface area contributed by atoms with E-state index in [-0.39, 0.29) is 0 Å². The SMILES string of the molecule is CCCCCCCCC(CCCC)OC1=CO1. The quantitative estimate of drug-likeness (QED) is 0.440. The second-order valence-electron chi connectivity index (χ2n) is 4.99. The molecule has 1 unspecified atom stereocenters. The van der Waals surface area contributed by atoms with Crippen LogP contribution in [0.3, 0.4) is 0 Å². The van der Waals surface area contributed by atoms with Crippen molar-refractivity contribution in [2.24, 2.45) is 0 Å². The smallest absolute Gasteiger partial charge is 0.321 e. The molecule has 1 heterocycles. The average Bonchev–Trinajstić information content (AvgIpc) is 3.14. The van der Waals surface area contributed by atoms with Gasteiger partial charge in [-0.05, 0) is 19.3 Å². The van der Waals surface area contributed by atoms with Gasteiger partial charge >= 0.3 is 5.95 Å². The molecule has 100 valence electrons. The van der Waals surface area contributed by atoms with Gasteiger partial charge in [0.1, 0.15) is 6.10 Å². The standard InChI is InChI=1S/C15H28O2/c1-3-5-7-8-9-10-12-14(11-6-4-2)17-15-13-16-15/h13-14H,3-12H2,1-2H3. The van der Waals surface area contributed by atoms with Gasteiger partial charge in [-0.25, -0.2) is 0 Å². The highest BCUT2D eigenvalue weighted by molar-refractivity contribution is 4.93. The van der Waals surface area contributed by atoms with E-state index < -0.39 is 0 Å². The van der Waals surface area contributed by atoms with Gasteiger partial charge in [0.25, 0.3) is 0 Å². The summed E-state index contributed by atoms with van der Waals surface area (Å²) in [5.41, 5.74) is 0. The van der Waals surface area contributed by atoms with E-state index >= 15 is 0 Å². The fourth-order valence-electron chi connectivity index (χ4n) is 2.09. The summed E-state index contributed by atoms with van der Waals surface area (Å²) in [5.74, 6) is 0.747. The lowest BCUT2D eigenvalue weighted by Gasteiger charge is -2.15. The Bertz CT molecular complexity index is 211. The molecule has 0 N–H and O–H groups in total. The highest BCUT2D eigenvalue weighted by Gasteiger charge is 2.18. The van der Waals surface area contributed by atoms with Crippen molar-refractivity contribution in [1.82, 2.24) is 0 Å². The maximum atomic E-state index is 5.73. The lowest BCUT2D eigenvalue weighted by Crippen LogP contribution is -2.10. The highest BCUT2D eigenvalue weighted by atomic mass is 16.7. The molecule has 17 heavy (non-hydrogen) atoms. The Hall–Kier alpha value is -0.660. The molecule has 2 heteroatoms. The van der Waals surface area contributed by atoms with Crippen molar-refractivity contribution in [2.45, 2.75) is 84.2 Å². The molecule has 1 aliphatic heterocycles. The second-order valence-corrected chi connectivity index (χ2v) is 4.99. The van der Waals surface area contributed by atoms with Gasteiger partial charge in [0.05, 0.1) is 0 Å². The largest absolute Gasteiger partial charge is 0.460 e. The maximum Gasteiger partial charge on any atom is 0.321 e. The lowest BCUT2D eigenvalue weighted by molar-refractivity contribution is 0.0631. The molecule has 0 saturated carbocycles. The van der Waals surface area contributed by atoms with E-state index in [1.54, 1.807) is 6.26 Å². The first-order valence-electron chi connectivity index (χ1n) is 7.40. The van der Waals surface area contributed by atoms with Crippen LogP contribution in [0.4, 0.5) is 0 Å². The summed E-state index contributed by atoms with van der Waals surface area (Å²) < 4.78 is 10.7. The van der Waals surface area contributed by atoms with Gasteiger partial charge in [-0.2, -0.15) is 0 Å². The van der Waals surface area contributed by atoms with Gasteiger partial charge in [0.15, 0.2) is 6.26 Å². The molecule has 0 aliphatic carbocycles. The molecule has 0 bridgehead atoms. The topological polar surface area (TPSA) is 21.8 Å². The van der Waals surface area contributed by atoms with Gasteiger partial charge in [-0.1, -0.05) is 58.8 Å². The number of hydrogen-bond donors (Lipinski definition) is 0. The van der Waals surface area contributed by atoms with Crippen LogP contribution in [0.2, 0.25) is 0 Å². The first-order chi connectivity index (χ1) is 8.36. The molecule has 0 spiro atoms. The normalized spacial score (nSPS) is 15.1. The molecule has 0 amide bonds. The fourth-order valence-corrected chi connectivity index (χ4v) is 2.09. The van der Waals surface area contributed by atoms with E-state index in [1.807, 2.05) is 0 Å². The van der Waals surface area contributed by atoms with Crippen molar-refractivity contribution in [3.63, 3.8) is 0 Å². The number of hydrogen-bond acceptors (Lipinski definition) is 2. The highest BCUT2D eigenvalue weighted by Crippen LogP contribution is 2.23. The van der Waals surface area contributed by atoms with Crippen molar-refractivity contribution in [1.29, 1.82) is 0 Å². The van der Waals surface area contributed by atoms with Gasteiger partial charge in [0, 0.05) is 0 Å². The zero-order valence-corrected chi connectivity index (χ0v) is 11.5. The zero-order valence-electron chi connectivity index (χ0n) is 11.5. The molecular formula is C15H28O2. The molecule has 0 aromatic carbocycles. The molecule has 0 aromatic heterocycles. The third kappa shape index (κ3) is 8.12. The predicted molar refractivity (Wildman–Crippen MR) is 71.6 cm³/mol. The molecule has 2 nitrogen and oxygen atoms in total. The average molecular weight is 240 g/mol. The summed E-state index contributed by atoms with van der Waals surface area (Å²) in [6, 6.07) is 0. The maximum absolute atomic E-state index is 5.73. The first kappa shape index (κ1) is 14.4. The van der Waals surface area contributed by atoms with Crippen molar-refractivity contribution in [2.75, 3.05) is 0 Å². The molecule has 1 rings (SSSR count). The summed E-state index contributed by atoms with van der Waals surface area (Å²) >= 11 is 0. The molecule has 1 aliphatic rings. The van der Waals surface area contributed by atoms with Crippen molar-refractivity contribution >= 4 is 0 Å². The number of unbranched alkanes of at least 4 members (excludes halogenated alkanes) is 6. The monoisotopic (exact) mass is 240 g/mol. The minimum absolute atomic E-state index is 0.384. The Kier molecular flexibility index (Phi) is 7.94. The van der Waals surface area contributed by atoms with Gasteiger partial charge < -0.3 is 9.47 Å². The Morgan fingerprint density at radius 1 is 0.941 bits per heavy atom. The number of rotatable bonds is 12. The van der Waals surface area contributed by atoms with Crippen LogP contribution >= 0.6 is 0 Å². The van der Waals surface area contributed by atoms with E-state index in [1.165, 1.54) is 64.2 Å². The van der Waals surface area contributed by atoms with Crippen LogP contribution in [0.1, 0.15) is 78.1 Å². The summed E-state index contributed by atoms with van der Waals surface area (Å²) in [6.07, 6.45) is 15.1. The Labute approximate surface area is 106 Å². The summed E-state index contributed by atoms with van der Waals surface area (Å²) in [5, 5.41) is 0. The van der Waals surface area contributed by atoms with Crippen molar-refractivity contribution in [3.05, 3.63) is 12.2 Å². The van der Waals surface area contributed by atoms with Gasteiger partial charge in [-0.3, -0.25) is 0 Å². The number of ether oxygens (including phenoxy) is 2. The van der Waals surface area contributed by atoms with Gasteiger partial charge in [0.2, 0.25) is 0 Å². The van der Waals surface area contributed by atoms with Crippen LogP contribution in [0.15, 0.2) is 12.2 Å². The fraction of sp³-hybridized carbons (Fsp3) is 0.867. The Morgan fingerprint density at radius 2 is 1.53 bits per heavy atom. The third-order valence-electron chi connectivity index (χ3n) is 3.26. The zero-order chi connectivity index (χ0) is 12.3. The van der Waals surface area contributed by atoms with E-state index in [0.717, 1.165) is 5.95 Å². The summed E-state index contributed by atoms with van der Waals surface area (Å²) in [7, 11) is 0. The van der Waals surface area contributed by atoms with Crippen LogP contribution in [0.5, 0.6) is 0 Å². The van der Waals surface area contributed by atoms with E-state index in [2.05, 4.69) is 13.8 Å². The Balaban J connectivity index is 1.99. The first-order valence-corrected chi connectivity index (χ1v) is 7.40. The van der Waals surface area contributed by atoms with Crippen molar-refractivity contribution in [3.8, 4) is 0 Å². The predicted octanol–water partition coefficient (Wildman–Crippen LogP) is 5.14. The van der Waals surface area contributed by atoms with Crippen molar-refractivity contribution < 1.29 is 9.47 Å². The van der Waals surface area contributed by atoms with E-state index in [4.69, 9.17) is 9.47 Å².